The molecule has 3 rings (SSSR count). The van der Waals surface area contributed by atoms with E-state index in [0.717, 1.165) is 10.6 Å². The number of thiazole rings is 1. The Balaban J connectivity index is 1.86. The Kier molecular flexibility index (Phi) is 4.61. The van der Waals surface area contributed by atoms with Crippen LogP contribution in [-0.2, 0) is 0 Å². The Hall–Kier alpha value is -2.68. The minimum Gasteiger partial charge on any atom is -0.321 e. The fourth-order valence-electron chi connectivity index (χ4n) is 2.19. The lowest BCUT2D eigenvalue weighted by Crippen LogP contribution is -2.11. The van der Waals surface area contributed by atoms with Gasteiger partial charge in [-0.15, -0.1) is 11.3 Å². The molecule has 1 amide bonds. The lowest BCUT2D eigenvalue weighted by Gasteiger charge is -2.05. The molecule has 0 radical (unpaired) electrons. The SMILES string of the molecule is Cc1nc(-c2ccccc2)sc1C(=O)Nc1ccc(Cl)c(C#N)c1. The number of nitrogens with zero attached hydrogens (tertiary/aromatic N) is 2. The van der Waals surface area contributed by atoms with Gasteiger partial charge in [0.1, 0.15) is 16.0 Å². The van der Waals surface area contributed by atoms with E-state index in [9.17, 15) is 4.79 Å². The number of anilines is 1. The highest BCUT2D eigenvalue weighted by Crippen LogP contribution is 2.28. The zero-order valence-electron chi connectivity index (χ0n) is 12.7. The quantitative estimate of drug-likeness (QED) is 0.728. The largest absolute Gasteiger partial charge is 0.321 e. The number of hydrogen-bond acceptors (Lipinski definition) is 4. The highest BCUT2D eigenvalue weighted by Gasteiger charge is 2.16. The lowest BCUT2D eigenvalue weighted by atomic mass is 10.2. The van der Waals surface area contributed by atoms with Crippen LogP contribution in [0, 0.1) is 18.3 Å². The van der Waals surface area contributed by atoms with E-state index in [0.29, 0.717) is 26.8 Å². The molecule has 1 heterocycles. The van der Waals surface area contributed by atoms with E-state index in [1.807, 2.05) is 36.4 Å². The van der Waals surface area contributed by atoms with Crippen LogP contribution < -0.4 is 5.32 Å². The van der Waals surface area contributed by atoms with E-state index in [4.69, 9.17) is 16.9 Å². The summed E-state index contributed by atoms with van der Waals surface area (Å²) in [5.41, 5.74) is 2.49. The first-order valence-corrected chi connectivity index (χ1v) is 8.32. The second-order valence-electron chi connectivity index (χ2n) is 5.06. The average Bonchev–Trinajstić information content (AvgIpc) is 2.99. The summed E-state index contributed by atoms with van der Waals surface area (Å²) in [6.07, 6.45) is 0. The number of halogens is 1. The van der Waals surface area contributed by atoms with Gasteiger partial charge in [-0.2, -0.15) is 5.26 Å². The Morgan fingerprint density at radius 3 is 2.71 bits per heavy atom. The zero-order valence-corrected chi connectivity index (χ0v) is 14.3. The number of rotatable bonds is 3. The average molecular weight is 354 g/mol. The van der Waals surface area contributed by atoms with Crippen LogP contribution in [0.2, 0.25) is 5.02 Å². The lowest BCUT2D eigenvalue weighted by molar-refractivity contribution is 0.103. The Morgan fingerprint density at radius 1 is 1.25 bits per heavy atom. The molecule has 24 heavy (non-hydrogen) atoms. The van der Waals surface area contributed by atoms with Crippen LogP contribution in [0.3, 0.4) is 0 Å². The molecule has 0 saturated carbocycles. The number of benzene rings is 2. The molecule has 1 N–H and O–H groups in total. The van der Waals surface area contributed by atoms with Crippen molar-refractivity contribution in [3.8, 4) is 16.6 Å². The molecule has 118 valence electrons. The molecule has 0 fully saturated rings. The number of carbonyl (C=O) groups is 1. The monoisotopic (exact) mass is 353 g/mol. The highest BCUT2D eigenvalue weighted by atomic mass is 35.5. The molecule has 2 aromatic carbocycles. The molecule has 1 aromatic heterocycles. The summed E-state index contributed by atoms with van der Waals surface area (Å²) in [6, 6.07) is 16.5. The molecule has 0 spiro atoms. The van der Waals surface area contributed by atoms with E-state index in [1.165, 1.54) is 11.3 Å². The third-order valence-corrected chi connectivity index (χ3v) is 4.90. The highest BCUT2D eigenvalue weighted by molar-refractivity contribution is 7.17. The van der Waals surface area contributed by atoms with Gasteiger partial charge in [-0.3, -0.25) is 4.79 Å². The van der Waals surface area contributed by atoms with Crippen LogP contribution in [-0.4, -0.2) is 10.9 Å². The van der Waals surface area contributed by atoms with Gasteiger partial charge in [0.2, 0.25) is 0 Å². The molecule has 0 aliphatic heterocycles. The van der Waals surface area contributed by atoms with Gasteiger partial charge in [-0.05, 0) is 25.1 Å². The molecule has 4 nitrogen and oxygen atoms in total. The number of nitriles is 1. The maximum atomic E-state index is 12.5. The van der Waals surface area contributed by atoms with Gasteiger partial charge in [-0.25, -0.2) is 4.98 Å². The summed E-state index contributed by atoms with van der Waals surface area (Å²) in [4.78, 5) is 17.5. The van der Waals surface area contributed by atoms with Crippen molar-refractivity contribution in [2.75, 3.05) is 5.32 Å². The fourth-order valence-corrected chi connectivity index (χ4v) is 3.31. The number of aromatic nitrogens is 1. The predicted octanol–water partition coefficient (Wildman–Crippen LogP) is 4.90. The van der Waals surface area contributed by atoms with E-state index in [-0.39, 0.29) is 5.91 Å². The second kappa shape index (κ2) is 6.83. The van der Waals surface area contributed by atoms with E-state index in [2.05, 4.69) is 10.3 Å². The second-order valence-corrected chi connectivity index (χ2v) is 6.47. The van der Waals surface area contributed by atoms with E-state index < -0.39 is 0 Å². The first kappa shape index (κ1) is 16.2. The predicted molar refractivity (Wildman–Crippen MR) is 96.4 cm³/mol. The maximum absolute atomic E-state index is 12.5. The third-order valence-electron chi connectivity index (χ3n) is 3.37. The molecule has 0 unspecified atom stereocenters. The van der Waals surface area contributed by atoms with Gasteiger partial charge >= 0.3 is 0 Å². The summed E-state index contributed by atoms with van der Waals surface area (Å²) >= 11 is 7.24. The molecule has 0 saturated heterocycles. The minimum absolute atomic E-state index is 0.251. The van der Waals surface area contributed by atoms with Gasteiger partial charge in [0.15, 0.2) is 0 Å². The van der Waals surface area contributed by atoms with Crippen molar-refractivity contribution in [3.63, 3.8) is 0 Å². The number of carbonyl (C=O) groups excluding carboxylic acids is 1. The van der Waals surface area contributed by atoms with Crippen molar-refractivity contribution in [2.24, 2.45) is 0 Å². The fraction of sp³-hybridized carbons (Fsp3) is 0.0556. The third kappa shape index (κ3) is 3.30. The molecule has 3 aromatic rings. The van der Waals surface area contributed by atoms with Gasteiger partial charge < -0.3 is 5.32 Å². The molecular weight excluding hydrogens is 342 g/mol. The standard InChI is InChI=1S/C18H12ClN3OS/c1-11-16(24-18(21-11)12-5-3-2-4-6-12)17(23)22-14-7-8-15(19)13(9-14)10-20/h2-9H,1H3,(H,22,23). The van der Waals surface area contributed by atoms with Crippen LogP contribution in [0.15, 0.2) is 48.5 Å². The summed E-state index contributed by atoms with van der Waals surface area (Å²) in [7, 11) is 0. The summed E-state index contributed by atoms with van der Waals surface area (Å²) in [6.45, 7) is 1.81. The number of amides is 1. The van der Waals surface area contributed by atoms with Crippen molar-refractivity contribution in [3.05, 3.63) is 69.7 Å². The minimum atomic E-state index is -0.251. The number of nitrogens with one attached hydrogen (secondary N) is 1. The van der Waals surface area contributed by atoms with Crippen LogP contribution in [0.1, 0.15) is 20.9 Å². The Labute approximate surface area is 148 Å². The molecule has 0 aliphatic rings. The first-order valence-electron chi connectivity index (χ1n) is 7.12. The molecule has 0 atom stereocenters. The maximum Gasteiger partial charge on any atom is 0.267 e. The first-order chi connectivity index (χ1) is 11.6. The normalized spacial score (nSPS) is 10.2. The van der Waals surface area contributed by atoms with Crippen molar-refractivity contribution in [2.45, 2.75) is 6.92 Å². The summed E-state index contributed by atoms with van der Waals surface area (Å²) in [5.74, 6) is -0.251. The molecular formula is C18H12ClN3OS. The summed E-state index contributed by atoms with van der Waals surface area (Å²) in [5, 5.41) is 13.0. The van der Waals surface area contributed by atoms with Gasteiger partial charge in [-0.1, -0.05) is 41.9 Å². The van der Waals surface area contributed by atoms with Crippen LogP contribution in [0.25, 0.3) is 10.6 Å². The summed E-state index contributed by atoms with van der Waals surface area (Å²) < 4.78 is 0. The topological polar surface area (TPSA) is 65.8 Å². The van der Waals surface area contributed by atoms with Gasteiger partial charge in [0.25, 0.3) is 5.91 Å². The zero-order chi connectivity index (χ0) is 17.1. The van der Waals surface area contributed by atoms with Crippen LogP contribution in [0.5, 0.6) is 0 Å². The number of aryl methyl sites for hydroxylation is 1. The van der Waals surface area contributed by atoms with Crippen molar-refractivity contribution >= 4 is 34.5 Å². The van der Waals surface area contributed by atoms with E-state index in [1.54, 1.807) is 25.1 Å². The van der Waals surface area contributed by atoms with Crippen molar-refractivity contribution in [1.29, 1.82) is 5.26 Å². The van der Waals surface area contributed by atoms with Crippen molar-refractivity contribution in [1.82, 2.24) is 4.98 Å². The number of hydrogen-bond donors (Lipinski definition) is 1. The van der Waals surface area contributed by atoms with Crippen LogP contribution in [0.4, 0.5) is 5.69 Å². The van der Waals surface area contributed by atoms with Gasteiger partial charge in [0.05, 0.1) is 16.3 Å². The van der Waals surface area contributed by atoms with Gasteiger partial charge in [0, 0.05) is 11.3 Å². The van der Waals surface area contributed by atoms with Crippen LogP contribution >= 0.6 is 22.9 Å². The molecule has 6 heteroatoms. The van der Waals surface area contributed by atoms with E-state index >= 15 is 0 Å². The Bertz CT molecular complexity index is 945. The Morgan fingerprint density at radius 2 is 2.00 bits per heavy atom. The molecule has 0 bridgehead atoms. The van der Waals surface area contributed by atoms with Crippen molar-refractivity contribution < 1.29 is 4.79 Å². The molecule has 0 aliphatic carbocycles. The smallest absolute Gasteiger partial charge is 0.267 e.